The highest BCUT2D eigenvalue weighted by atomic mass is 19.3. The molecule has 0 aromatic carbocycles. The molecule has 14 heavy (non-hydrogen) atoms. The summed E-state index contributed by atoms with van der Waals surface area (Å²) >= 11 is 0. The largest absolute Gasteiger partial charge is 0.432 e. The number of rotatable bonds is 3. The predicted molar refractivity (Wildman–Crippen MR) is 41.9 cm³/mol. The molecule has 1 rings (SSSR count). The van der Waals surface area contributed by atoms with Gasteiger partial charge in [0.05, 0.1) is 0 Å². The Morgan fingerprint density at radius 1 is 1.64 bits per heavy atom. The molecular weight excluding hydrogens is 200 g/mol. The van der Waals surface area contributed by atoms with Crippen molar-refractivity contribution < 1.29 is 18.4 Å². The molecule has 0 amide bonds. The maximum absolute atomic E-state index is 11.8. The third-order valence-corrected chi connectivity index (χ3v) is 1.32. The van der Waals surface area contributed by atoms with Gasteiger partial charge in [-0.15, -0.1) is 0 Å². The van der Waals surface area contributed by atoms with E-state index in [1.807, 2.05) is 0 Å². The predicted octanol–water partition coefficient (Wildman–Crippen LogP) is 1.17. The van der Waals surface area contributed by atoms with Gasteiger partial charge in [0.15, 0.2) is 11.4 Å². The number of nitrogen functional groups attached to an aromatic ring is 1. The van der Waals surface area contributed by atoms with Crippen LogP contribution < -0.4 is 10.5 Å². The summed E-state index contributed by atoms with van der Waals surface area (Å²) in [7, 11) is 0. The molecular formula is C6H5F2N3O3. The third-order valence-electron chi connectivity index (χ3n) is 1.32. The molecule has 0 saturated carbocycles. The molecule has 1 aromatic rings. The first-order valence-corrected chi connectivity index (χ1v) is 3.36. The zero-order valence-electron chi connectivity index (χ0n) is 6.68. The van der Waals surface area contributed by atoms with Gasteiger partial charge < -0.3 is 20.6 Å². The summed E-state index contributed by atoms with van der Waals surface area (Å²) in [4.78, 5) is 12.7. The van der Waals surface area contributed by atoms with E-state index < -0.39 is 28.8 Å². The van der Waals surface area contributed by atoms with Crippen LogP contribution in [0.5, 0.6) is 5.75 Å². The maximum atomic E-state index is 11.8. The zero-order valence-corrected chi connectivity index (χ0v) is 6.68. The van der Waals surface area contributed by atoms with E-state index in [4.69, 9.17) is 5.73 Å². The van der Waals surface area contributed by atoms with Gasteiger partial charge in [0, 0.05) is 6.07 Å². The number of anilines is 1. The highest BCUT2D eigenvalue weighted by Gasteiger charge is 2.19. The Morgan fingerprint density at radius 2 is 2.29 bits per heavy atom. The van der Waals surface area contributed by atoms with E-state index in [9.17, 15) is 18.9 Å². The van der Waals surface area contributed by atoms with Crippen molar-refractivity contribution in [2.75, 3.05) is 5.73 Å². The second kappa shape index (κ2) is 3.81. The lowest BCUT2D eigenvalue weighted by atomic mass is 10.3. The summed E-state index contributed by atoms with van der Waals surface area (Å²) in [6, 6.07) is 1.02. The molecule has 0 aliphatic heterocycles. The quantitative estimate of drug-likeness (QED) is 0.590. The first kappa shape index (κ1) is 10.1. The number of halogens is 2. The molecule has 0 fully saturated rings. The van der Waals surface area contributed by atoms with Gasteiger partial charge in [0.2, 0.25) is 0 Å². The van der Waals surface area contributed by atoms with Crippen LogP contribution in [0.15, 0.2) is 12.3 Å². The fraction of sp³-hybridized carbons (Fsp3) is 0.167. The van der Waals surface area contributed by atoms with Crippen molar-refractivity contribution in [3.63, 3.8) is 0 Å². The first-order valence-electron chi connectivity index (χ1n) is 3.36. The third kappa shape index (κ3) is 2.03. The van der Waals surface area contributed by atoms with Crippen molar-refractivity contribution in [2.24, 2.45) is 0 Å². The average Bonchev–Trinajstić information content (AvgIpc) is 2.07. The van der Waals surface area contributed by atoms with Crippen LogP contribution >= 0.6 is 0 Å². The lowest BCUT2D eigenvalue weighted by Gasteiger charge is -2.05. The van der Waals surface area contributed by atoms with Crippen molar-refractivity contribution in [1.82, 2.24) is 4.98 Å². The summed E-state index contributed by atoms with van der Waals surface area (Å²) in [6.07, 6.45) is 0.964. The van der Waals surface area contributed by atoms with Crippen LogP contribution in [0.25, 0.3) is 0 Å². The summed E-state index contributed by atoms with van der Waals surface area (Å²) in [6.45, 7) is -3.08. The van der Waals surface area contributed by atoms with Gasteiger partial charge in [-0.25, -0.2) is 0 Å². The summed E-state index contributed by atoms with van der Waals surface area (Å²) in [5.74, 6) is -1.16. The molecule has 0 aliphatic carbocycles. The summed E-state index contributed by atoms with van der Waals surface area (Å²) < 4.78 is 27.5. The van der Waals surface area contributed by atoms with Crippen molar-refractivity contribution >= 4 is 11.5 Å². The number of nitro groups is 1. The van der Waals surface area contributed by atoms with Crippen LogP contribution in [-0.2, 0) is 0 Å². The lowest BCUT2D eigenvalue weighted by molar-refractivity contribution is -0.388. The monoisotopic (exact) mass is 205 g/mol. The fourth-order valence-electron chi connectivity index (χ4n) is 0.789. The molecule has 6 nitrogen and oxygen atoms in total. The Labute approximate surface area is 76.5 Å². The van der Waals surface area contributed by atoms with Crippen LogP contribution in [0, 0.1) is 10.1 Å². The Bertz CT molecular complexity index is 358. The van der Waals surface area contributed by atoms with E-state index >= 15 is 0 Å². The number of ether oxygens (including phenoxy) is 1. The van der Waals surface area contributed by atoms with Gasteiger partial charge >= 0.3 is 12.4 Å². The molecule has 8 heteroatoms. The second-order valence-corrected chi connectivity index (χ2v) is 2.18. The van der Waals surface area contributed by atoms with Gasteiger partial charge in [0.1, 0.15) is 6.20 Å². The highest BCUT2D eigenvalue weighted by molar-refractivity contribution is 5.62. The van der Waals surface area contributed by atoms with Crippen molar-refractivity contribution in [1.29, 1.82) is 0 Å². The van der Waals surface area contributed by atoms with Crippen LogP contribution in [0.1, 0.15) is 0 Å². The molecule has 1 heterocycles. The van der Waals surface area contributed by atoms with Crippen LogP contribution in [-0.4, -0.2) is 16.5 Å². The molecule has 2 N–H and O–H groups in total. The van der Waals surface area contributed by atoms with Crippen LogP contribution in [0.2, 0.25) is 0 Å². The highest BCUT2D eigenvalue weighted by Crippen LogP contribution is 2.29. The minimum atomic E-state index is -3.08. The number of nitrogens with two attached hydrogens (primary N) is 1. The van der Waals surface area contributed by atoms with E-state index in [0.717, 1.165) is 12.3 Å². The molecule has 0 bridgehead atoms. The minimum absolute atomic E-state index is 0.457. The molecule has 76 valence electrons. The molecule has 0 aliphatic rings. The number of pyridine rings is 1. The van der Waals surface area contributed by atoms with E-state index in [2.05, 4.69) is 9.72 Å². The Balaban J connectivity index is 3.07. The smallest absolute Gasteiger partial charge is 0.390 e. The van der Waals surface area contributed by atoms with E-state index in [1.165, 1.54) is 0 Å². The number of hydrogen-bond donors (Lipinski definition) is 1. The number of alkyl halides is 2. The van der Waals surface area contributed by atoms with Crippen LogP contribution in [0.3, 0.4) is 0 Å². The summed E-state index contributed by atoms with van der Waals surface area (Å²) in [5, 5.41) is 10.3. The van der Waals surface area contributed by atoms with Crippen molar-refractivity contribution in [3.05, 3.63) is 22.4 Å². The molecule has 0 spiro atoms. The number of nitrogens with zero attached hydrogens (tertiary/aromatic N) is 2. The summed E-state index contributed by atoms with van der Waals surface area (Å²) in [5.41, 5.74) is 4.65. The maximum Gasteiger partial charge on any atom is 0.390 e. The Hall–Kier alpha value is -1.99. The lowest BCUT2D eigenvalue weighted by Crippen LogP contribution is -2.06. The second-order valence-electron chi connectivity index (χ2n) is 2.18. The van der Waals surface area contributed by atoms with Gasteiger partial charge in [-0.1, -0.05) is 0 Å². The van der Waals surface area contributed by atoms with Gasteiger partial charge in [-0.3, -0.25) is 0 Å². The Morgan fingerprint density at radius 3 is 2.79 bits per heavy atom. The molecule has 1 aromatic heterocycles. The SMILES string of the molecule is Nc1c(OC(F)F)ccnc1[N+](=O)[O-]. The molecule has 0 saturated heterocycles. The topological polar surface area (TPSA) is 91.3 Å². The molecule has 0 unspecified atom stereocenters. The van der Waals surface area contributed by atoms with E-state index in [1.54, 1.807) is 0 Å². The standard InChI is InChI=1S/C6H5F2N3O3/c7-6(8)14-3-1-2-10-5(4(3)9)11(12)13/h1-2,6H,9H2. The first-order chi connectivity index (χ1) is 6.52. The normalized spacial score (nSPS) is 10.2. The zero-order chi connectivity index (χ0) is 10.7. The van der Waals surface area contributed by atoms with E-state index in [0.29, 0.717) is 0 Å². The van der Waals surface area contributed by atoms with Gasteiger partial charge in [-0.2, -0.15) is 8.78 Å². The minimum Gasteiger partial charge on any atom is -0.432 e. The van der Waals surface area contributed by atoms with Gasteiger partial charge in [-0.05, 0) is 9.91 Å². The van der Waals surface area contributed by atoms with Crippen LogP contribution in [0.4, 0.5) is 20.3 Å². The molecule has 0 radical (unpaired) electrons. The number of aromatic nitrogens is 1. The van der Waals surface area contributed by atoms with E-state index in [-0.39, 0.29) is 0 Å². The molecule has 0 atom stereocenters. The average molecular weight is 205 g/mol. The van der Waals surface area contributed by atoms with Crippen molar-refractivity contribution in [2.45, 2.75) is 6.61 Å². The fourth-order valence-corrected chi connectivity index (χ4v) is 0.789. The number of hydrogen-bond acceptors (Lipinski definition) is 5. The Kier molecular flexibility index (Phi) is 2.75. The van der Waals surface area contributed by atoms with Gasteiger partial charge in [0.25, 0.3) is 0 Å². The van der Waals surface area contributed by atoms with Crippen molar-refractivity contribution in [3.8, 4) is 5.75 Å².